The molecule has 0 unspecified atom stereocenters. The van der Waals surface area contributed by atoms with Crippen LogP contribution in [0.3, 0.4) is 0 Å². The first-order valence-electron chi connectivity index (χ1n) is 1.20. The van der Waals surface area contributed by atoms with E-state index in [2.05, 4.69) is 5.73 Å². The third kappa shape index (κ3) is 3.87. The molecule has 0 amide bonds. The van der Waals surface area contributed by atoms with Crippen LogP contribution in [0, 0.1) is 0 Å². The van der Waals surface area contributed by atoms with E-state index in [1.807, 2.05) is 0 Å². The second-order valence-corrected chi connectivity index (χ2v) is 2.17. The molecule has 0 fully saturated rings. The Hall–Kier alpha value is -0.130. The molecule has 38 valence electrons. The molecule has 2 N–H and O–H groups in total. The average molecular weight is 110 g/mol. The van der Waals surface area contributed by atoms with Gasteiger partial charge in [0.2, 0.25) is 0 Å². The molecule has 0 aliphatic heterocycles. The molecule has 0 aliphatic carbocycles. The highest BCUT2D eigenvalue weighted by molar-refractivity contribution is 7.85. The van der Waals surface area contributed by atoms with Crippen molar-refractivity contribution < 1.29 is 13.0 Å². The van der Waals surface area contributed by atoms with Crippen molar-refractivity contribution in [2.45, 2.75) is 0 Å². The van der Waals surface area contributed by atoms with Crippen LogP contribution >= 0.6 is 0 Å². The van der Waals surface area contributed by atoms with Crippen LogP contribution in [0.1, 0.15) is 0 Å². The summed E-state index contributed by atoms with van der Waals surface area (Å²) in [5.74, 6) is -0.812. The lowest BCUT2D eigenvalue weighted by molar-refractivity contribution is 0.463. The highest BCUT2D eigenvalue weighted by atomic mass is 32.2. The average Bonchev–Trinajstić information content (AvgIpc) is 1.35. The molecule has 0 bridgehead atoms. The molecule has 5 heteroatoms. The van der Waals surface area contributed by atoms with Crippen LogP contribution in [-0.2, 0) is 10.1 Å². The van der Waals surface area contributed by atoms with Crippen LogP contribution in [0.2, 0.25) is 0 Å². The van der Waals surface area contributed by atoms with Gasteiger partial charge >= 0.3 is 0 Å². The number of hydrogen-bond acceptors (Lipinski definition) is 4. The highest BCUT2D eigenvalue weighted by Gasteiger charge is 1.80. The minimum atomic E-state index is -4.13. The summed E-state index contributed by atoms with van der Waals surface area (Å²) in [5.41, 5.74) is 4.41. The lowest BCUT2D eigenvalue weighted by atomic mass is 11.6. The molecule has 0 aromatic carbocycles. The number of nitrogens with two attached hydrogens (primary N) is 1. The van der Waals surface area contributed by atoms with E-state index >= 15 is 0 Å². The molecule has 0 radical (unpaired) electrons. The third-order valence-corrected chi connectivity index (χ3v) is 0.612. The second kappa shape index (κ2) is 1.55. The third-order valence-electron chi connectivity index (χ3n) is 0.204. The standard InChI is InChI=1S/CH5NO3S/c2-1-6(3,4)5/h1-2H2,(H,3,4,5)/p-1. The summed E-state index contributed by atoms with van der Waals surface area (Å²) >= 11 is 0. The van der Waals surface area contributed by atoms with Gasteiger partial charge in [0.25, 0.3) is 0 Å². The van der Waals surface area contributed by atoms with Crippen molar-refractivity contribution in [2.75, 3.05) is 5.88 Å². The Kier molecular flexibility index (Phi) is 1.51. The Morgan fingerprint density at radius 2 is 1.83 bits per heavy atom. The summed E-state index contributed by atoms with van der Waals surface area (Å²) in [6, 6.07) is 0. The van der Waals surface area contributed by atoms with Crippen LogP contribution in [0.25, 0.3) is 0 Å². The van der Waals surface area contributed by atoms with Gasteiger partial charge in [0.1, 0.15) is 10.1 Å². The first-order valence-corrected chi connectivity index (χ1v) is 2.77. The van der Waals surface area contributed by atoms with Crippen molar-refractivity contribution in [3.8, 4) is 0 Å². The molecule has 0 rings (SSSR count). The van der Waals surface area contributed by atoms with E-state index < -0.39 is 16.0 Å². The zero-order valence-electron chi connectivity index (χ0n) is 2.92. The molecule has 6 heavy (non-hydrogen) atoms. The van der Waals surface area contributed by atoms with E-state index in [0.717, 1.165) is 0 Å². The summed E-state index contributed by atoms with van der Waals surface area (Å²) in [5, 5.41) is 0. The quantitative estimate of drug-likeness (QED) is 0.414. The predicted octanol–water partition coefficient (Wildman–Crippen LogP) is -1.55. The molecular formula is CH4NO3S-. The van der Waals surface area contributed by atoms with Crippen LogP contribution < -0.4 is 5.73 Å². The predicted molar refractivity (Wildman–Crippen MR) is 18.8 cm³/mol. The summed E-state index contributed by atoms with van der Waals surface area (Å²) in [4.78, 5) is 0. The van der Waals surface area contributed by atoms with Crippen LogP contribution in [-0.4, -0.2) is 18.8 Å². The van der Waals surface area contributed by atoms with Crippen molar-refractivity contribution >= 4 is 10.1 Å². The Labute approximate surface area is 35.7 Å². The van der Waals surface area contributed by atoms with Crippen LogP contribution in [0.4, 0.5) is 0 Å². The van der Waals surface area contributed by atoms with E-state index in [1.54, 1.807) is 0 Å². The SMILES string of the molecule is NCS(=O)(=O)[O-]. The Morgan fingerprint density at radius 3 is 1.83 bits per heavy atom. The maximum absolute atomic E-state index is 9.32. The topological polar surface area (TPSA) is 83.2 Å². The first kappa shape index (κ1) is 5.87. The Balaban J connectivity index is 3.85. The zero-order valence-corrected chi connectivity index (χ0v) is 3.73. The fourth-order valence-corrected chi connectivity index (χ4v) is 0. The summed E-state index contributed by atoms with van der Waals surface area (Å²) in [7, 11) is -4.13. The van der Waals surface area contributed by atoms with Crippen LogP contribution in [0.15, 0.2) is 0 Å². The van der Waals surface area contributed by atoms with E-state index in [-0.39, 0.29) is 0 Å². The monoisotopic (exact) mass is 110 g/mol. The molecule has 4 nitrogen and oxygen atoms in total. The summed E-state index contributed by atoms with van der Waals surface area (Å²) in [6.45, 7) is 0. The van der Waals surface area contributed by atoms with Gasteiger partial charge in [-0.15, -0.1) is 0 Å². The minimum Gasteiger partial charge on any atom is -0.747 e. The van der Waals surface area contributed by atoms with E-state index in [0.29, 0.717) is 0 Å². The van der Waals surface area contributed by atoms with Crippen molar-refractivity contribution in [1.29, 1.82) is 0 Å². The Morgan fingerprint density at radius 1 is 1.67 bits per heavy atom. The van der Waals surface area contributed by atoms with E-state index in [1.165, 1.54) is 0 Å². The van der Waals surface area contributed by atoms with Gasteiger partial charge in [-0.2, -0.15) is 0 Å². The maximum atomic E-state index is 9.32. The van der Waals surface area contributed by atoms with Crippen molar-refractivity contribution in [2.24, 2.45) is 5.73 Å². The molecule has 0 atom stereocenters. The van der Waals surface area contributed by atoms with Gasteiger partial charge in [0, 0.05) is 0 Å². The van der Waals surface area contributed by atoms with Gasteiger partial charge in [0.15, 0.2) is 0 Å². The molecule has 0 aliphatic rings. The highest BCUT2D eigenvalue weighted by Crippen LogP contribution is 1.67. The maximum Gasteiger partial charge on any atom is 0.108 e. The first-order chi connectivity index (χ1) is 2.56. The normalized spacial score (nSPS) is 11.7. The minimum absolute atomic E-state index is 0.812. The largest absolute Gasteiger partial charge is 0.747 e. The van der Waals surface area contributed by atoms with Gasteiger partial charge in [-0.1, -0.05) is 0 Å². The van der Waals surface area contributed by atoms with Gasteiger partial charge < -0.3 is 10.3 Å². The molecular weight excluding hydrogens is 106 g/mol. The van der Waals surface area contributed by atoms with Gasteiger partial charge in [-0.25, -0.2) is 8.42 Å². The van der Waals surface area contributed by atoms with Gasteiger partial charge in [-0.05, 0) is 0 Å². The van der Waals surface area contributed by atoms with Gasteiger partial charge in [0.05, 0.1) is 5.88 Å². The fourth-order valence-electron chi connectivity index (χ4n) is 0. The molecule has 0 aromatic rings. The zero-order chi connectivity index (χ0) is 5.21. The Bertz CT molecular complexity index is 113. The summed E-state index contributed by atoms with van der Waals surface area (Å²) in [6.07, 6.45) is 0. The van der Waals surface area contributed by atoms with Crippen molar-refractivity contribution in [3.05, 3.63) is 0 Å². The fraction of sp³-hybridized carbons (Fsp3) is 1.00. The summed E-state index contributed by atoms with van der Waals surface area (Å²) < 4.78 is 28.0. The van der Waals surface area contributed by atoms with Crippen LogP contribution in [0.5, 0.6) is 0 Å². The molecule has 0 spiro atoms. The lowest BCUT2D eigenvalue weighted by Gasteiger charge is -1.97. The van der Waals surface area contributed by atoms with E-state index in [4.69, 9.17) is 0 Å². The van der Waals surface area contributed by atoms with Crippen molar-refractivity contribution in [3.63, 3.8) is 0 Å². The molecule has 0 saturated heterocycles. The molecule has 0 aromatic heterocycles. The number of hydrogen-bond donors (Lipinski definition) is 1. The number of rotatable bonds is 1. The van der Waals surface area contributed by atoms with Gasteiger partial charge in [-0.3, -0.25) is 0 Å². The van der Waals surface area contributed by atoms with Crippen molar-refractivity contribution in [1.82, 2.24) is 0 Å². The molecule has 0 saturated carbocycles. The van der Waals surface area contributed by atoms with E-state index in [9.17, 15) is 13.0 Å². The second-order valence-electron chi connectivity index (χ2n) is 0.724. The lowest BCUT2D eigenvalue weighted by Crippen LogP contribution is -2.12. The molecule has 0 heterocycles. The smallest absolute Gasteiger partial charge is 0.108 e.